The number of anilines is 1. The van der Waals surface area contributed by atoms with Crippen LogP contribution in [0.5, 0.6) is 0 Å². The summed E-state index contributed by atoms with van der Waals surface area (Å²) in [5, 5.41) is 42.0. The summed E-state index contributed by atoms with van der Waals surface area (Å²) >= 11 is 1.28. The average Bonchev–Trinajstić information content (AvgIpc) is 2.85. The van der Waals surface area contributed by atoms with Crippen molar-refractivity contribution in [2.24, 2.45) is 5.73 Å². The molecule has 9 heteroatoms. The van der Waals surface area contributed by atoms with E-state index in [9.17, 15) is 20.4 Å². The van der Waals surface area contributed by atoms with Crippen molar-refractivity contribution in [3.05, 3.63) is 76.9 Å². The quantitative estimate of drug-likeness (QED) is 0.356. The van der Waals surface area contributed by atoms with E-state index in [-0.39, 0.29) is 23.5 Å². The largest absolute Gasteiger partial charge is 0.394 e. The van der Waals surface area contributed by atoms with E-state index < -0.39 is 18.6 Å². The summed E-state index contributed by atoms with van der Waals surface area (Å²) in [6.45, 7) is -0.475. The highest BCUT2D eigenvalue weighted by atomic mass is 32.2. The van der Waals surface area contributed by atoms with Crippen molar-refractivity contribution in [2.45, 2.75) is 16.9 Å². The number of nitrogens with one attached hydrogen (secondary N) is 1. The maximum atomic E-state index is 11.5. The molecule has 5 N–H and O–H groups in total. The minimum atomic E-state index is -1.04. The van der Waals surface area contributed by atoms with E-state index >= 15 is 0 Å². The highest BCUT2D eigenvalue weighted by molar-refractivity contribution is 7.98. The number of aliphatic hydroxyl groups excluding tert-OH is 2. The van der Waals surface area contributed by atoms with Crippen molar-refractivity contribution < 1.29 is 15.0 Å². The summed E-state index contributed by atoms with van der Waals surface area (Å²) in [5.74, 6) is 0.0781. The maximum absolute atomic E-state index is 11.5. The van der Waals surface area contributed by atoms with Crippen LogP contribution in [0, 0.1) is 22.7 Å². The molecule has 0 bridgehead atoms. The Bertz CT molecular complexity index is 1240. The number of carbonyl (C=O) groups is 1. The van der Waals surface area contributed by atoms with Crippen LogP contribution in [0.2, 0.25) is 0 Å². The van der Waals surface area contributed by atoms with Gasteiger partial charge in [-0.15, -0.1) is 11.8 Å². The number of rotatable bonds is 9. The Morgan fingerprint density at radius 2 is 1.85 bits per heavy atom. The fraction of sp³-hybridized carbons (Fsp3) is 0.167. The van der Waals surface area contributed by atoms with E-state index in [0.29, 0.717) is 27.5 Å². The van der Waals surface area contributed by atoms with E-state index in [4.69, 9.17) is 10.8 Å². The number of nitrogens with two attached hydrogens (primary N) is 1. The Morgan fingerprint density at radius 3 is 2.48 bits per heavy atom. The van der Waals surface area contributed by atoms with Crippen molar-refractivity contribution >= 4 is 23.5 Å². The van der Waals surface area contributed by atoms with Crippen molar-refractivity contribution in [3.63, 3.8) is 0 Å². The van der Waals surface area contributed by atoms with Gasteiger partial charge in [0.15, 0.2) is 0 Å². The number of thioether (sulfide) groups is 1. The van der Waals surface area contributed by atoms with Gasteiger partial charge in [0.25, 0.3) is 0 Å². The Balaban J connectivity index is 2.08. The van der Waals surface area contributed by atoms with Crippen LogP contribution in [0.3, 0.4) is 0 Å². The van der Waals surface area contributed by atoms with Gasteiger partial charge in [-0.2, -0.15) is 10.5 Å². The molecule has 166 valence electrons. The van der Waals surface area contributed by atoms with Gasteiger partial charge in [-0.1, -0.05) is 42.5 Å². The second-order valence-corrected chi connectivity index (χ2v) is 8.01. The molecule has 2 aromatic carbocycles. The Kier molecular flexibility index (Phi) is 8.01. The van der Waals surface area contributed by atoms with E-state index in [0.717, 1.165) is 5.56 Å². The zero-order valence-corrected chi connectivity index (χ0v) is 18.3. The second-order valence-electron chi connectivity index (χ2n) is 7.05. The van der Waals surface area contributed by atoms with Gasteiger partial charge in [0.05, 0.1) is 18.3 Å². The van der Waals surface area contributed by atoms with Gasteiger partial charge < -0.3 is 21.3 Å². The fourth-order valence-corrected chi connectivity index (χ4v) is 4.08. The van der Waals surface area contributed by atoms with Crippen LogP contribution in [0.1, 0.15) is 27.0 Å². The van der Waals surface area contributed by atoms with Crippen LogP contribution in [-0.2, 0) is 5.75 Å². The Labute approximate surface area is 195 Å². The molecule has 0 aliphatic carbocycles. The van der Waals surface area contributed by atoms with Crippen molar-refractivity contribution in [1.82, 2.24) is 4.98 Å². The molecule has 0 fully saturated rings. The number of hydrogen-bond acceptors (Lipinski definition) is 8. The molecule has 0 aliphatic heterocycles. The second kappa shape index (κ2) is 11.1. The molecule has 3 aromatic rings. The van der Waals surface area contributed by atoms with Crippen LogP contribution >= 0.6 is 11.8 Å². The van der Waals surface area contributed by atoms with Crippen molar-refractivity contribution in [1.29, 1.82) is 10.5 Å². The molecule has 1 aromatic heterocycles. The summed E-state index contributed by atoms with van der Waals surface area (Å²) in [4.78, 5) is 16.0. The smallest absolute Gasteiger partial charge is 0.248 e. The number of carbonyl (C=O) groups excluding carboxylic acids is 1. The molecule has 33 heavy (non-hydrogen) atoms. The topological polar surface area (TPSA) is 156 Å². The Hall–Kier alpha value is -3.89. The van der Waals surface area contributed by atoms with Gasteiger partial charge in [0, 0.05) is 23.4 Å². The number of aromatic nitrogens is 1. The number of nitrogens with zero attached hydrogens (tertiary/aromatic N) is 3. The van der Waals surface area contributed by atoms with E-state index in [1.165, 1.54) is 11.8 Å². The van der Waals surface area contributed by atoms with Crippen molar-refractivity contribution in [3.8, 4) is 23.3 Å². The summed E-state index contributed by atoms with van der Waals surface area (Å²) < 4.78 is 0. The lowest BCUT2D eigenvalue weighted by atomic mass is 9.97. The van der Waals surface area contributed by atoms with Gasteiger partial charge in [-0.25, -0.2) is 4.98 Å². The minimum absolute atomic E-state index is 0.0247. The third-order valence-electron chi connectivity index (χ3n) is 4.75. The lowest BCUT2D eigenvalue weighted by molar-refractivity contribution is 0.1000. The highest BCUT2D eigenvalue weighted by Crippen LogP contribution is 2.37. The first-order chi connectivity index (χ1) is 16.0. The van der Waals surface area contributed by atoms with Crippen LogP contribution in [0.25, 0.3) is 11.1 Å². The van der Waals surface area contributed by atoms with E-state index in [1.807, 2.05) is 24.3 Å². The molecule has 0 saturated heterocycles. The minimum Gasteiger partial charge on any atom is -0.394 e. The lowest BCUT2D eigenvalue weighted by Crippen LogP contribution is -2.24. The van der Waals surface area contributed by atoms with Gasteiger partial charge in [-0.05, 0) is 23.3 Å². The zero-order chi connectivity index (χ0) is 23.8. The first-order valence-corrected chi connectivity index (χ1v) is 10.9. The molecule has 0 unspecified atom stereocenters. The van der Waals surface area contributed by atoms with E-state index in [2.05, 4.69) is 22.4 Å². The highest BCUT2D eigenvalue weighted by Gasteiger charge is 2.22. The first kappa shape index (κ1) is 23.8. The van der Waals surface area contributed by atoms with Gasteiger partial charge in [0.1, 0.15) is 28.5 Å². The lowest BCUT2D eigenvalue weighted by Gasteiger charge is -2.17. The van der Waals surface area contributed by atoms with Crippen LogP contribution in [0.15, 0.2) is 59.6 Å². The van der Waals surface area contributed by atoms with Gasteiger partial charge in [0.2, 0.25) is 5.91 Å². The molecule has 1 amide bonds. The molecule has 0 saturated carbocycles. The molecular weight excluding hydrogens is 438 g/mol. The molecule has 8 nitrogen and oxygen atoms in total. The number of hydrogen-bond donors (Lipinski definition) is 4. The first-order valence-electron chi connectivity index (χ1n) is 9.96. The monoisotopic (exact) mass is 459 g/mol. The zero-order valence-electron chi connectivity index (χ0n) is 17.5. The van der Waals surface area contributed by atoms with Gasteiger partial charge >= 0.3 is 0 Å². The number of primary amides is 1. The number of benzene rings is 2. The fourth-order valence-electron chi connectivity index (χ4n) is 3.15. The maximum Gasteiger partial charge on any atom is 0.248 e. The predicted octanol–water partition coefficient (Wildman–Crippen LogP) is 2.65. The third kappa shape index (κ3) is 5.68. The standard InChI is InChI=1S/C24H21N5O3S/c25-10-19-21(16-6-2-1-3-7-16)20(11-26)24(29-23(19)28-12-18(31)13-30)33-14-15-5-4-8-17(9-15)22(27)32/h1-9,18,30-31H,12-14H2,(H2,27,32)(H,28,29)/t18-/m1/s1. The molecule has 1 heterocycles. The number of amides is 1. The van der Waals surface area contributed by atoms with Crippen LogP contribution in [-0.4, -0.2) is 40.4 Å². The summed E-state index contributed by atoms with van der Waals surface area (Å²) in [6.07, 6.45) is -1.04. The Morgan fingerprint density at radius 1 is 1.12 bits per heavy atom. The molecule has 1 atom stereocenters. The molecule has 3 rings (SSSR count). The van der Waals surface area contributed by atoms with Gasteiger partial charge in [-0.3, -0.25) is 4.79 Å². The summed E-state index contributed by atoms with van der Waals surface area (Å²) in [6, 6.07) is 20.2. The normalized spacial score (nSPS) is 11.3. The van der Waals surface area contributed by atoms with Crippen LogP contribution in [0.4, 0.5) is 5.82 Å². The summed E-state index contributed by atoms with van der Waals surface area (Å²) in [7, 11) is 0. The van der Waals surface area contributed by atoms with Crippen molar-refractivity contribution in [2.75, 3.05) is 18.5 Å². The molecule has 0 radical (unpaired) electrons. The predicted molar refractivity (Wildman–Crippen MR) is 125 cm³/mol. The third-order valence-corrected chi connectivity index (χ3v) is 5.80. The molecular formula is C24H21N5O3S. The SMILES string of the molecule is N#Cc1c(NC[C@@H](O)CO)nc(SCc2cccc(C(N)=O)c2)c(C#N)c1-c1ccccc1. The number of pyridine rings is 1. The number of nitriles is 2. The number of aliphatic hydroxyl groups is 2. The molecule has 0 aliphatic rings. The summed E-state index contributed by atoms with van der Waals surface area (Å²) in [5.41, 5.74) is 8.09. The van der Waals surface area contributed by atoms with Crippen LogP contribution < -0.4 is 11.1 Å². The van der Waals surface area contributed by atoms with E-state index in [1.54, 1.807) is 30.3 Å². The molecule has 0 spiro atoms. The average molecular weight is 460 g/mol.